The Morgan fingerprint density at radius 3 is 2.60 bits per heavy atom. The summed E-state index contributed by atoms with van der Waals surface area (Å²) in [5, 5.41) is 4.58. The first-order chi connectivity index (χ1) is 7.06. The molecule has 3 nitrogen and oxygen atoms in total. The monoisotopic (exact) mass is 227 g/mol. The van der Waals surface area contributed by atoms with Gasteiger partial charge in [0.25, 0.3) is 0 Å². The number of hydrogen-bond donors (Lipinski definition) is 1. The third kappa shape index (κ3) is 3.18. The van der Waals surface area contributed by atoms with Crippen molar-refractivity contribution in [1.82, 2.24) is 10.3 Å². The highest BCUT2D eigenvalue weighted by molar-refractivity contribution is 7.15. The third-order valence-corrected chi connectivity index (χ3v) is 3.81. The van der Waals surface area contributed by atoms with Crippen LogP contribution in [-0.2, 0) is 0 Å². The molecule has 15 heavy (non-hydrogen) atoms. The van der Waals surface area contributed by atoms with Crippen LogP contribution >= 0.6 is 11.3 Å². The van der Waals surface area contributed by atoms with Crippen molar-refractivity contribution in [3.8, 4) is 0 Å². The summed E-state index contributed by atoms with van der Waals surface area (Å²) < 4.78 is 0. The van der Waals surface area contributed by atoms with Crippen molar-refractivity contribution < 1.29 is 0 Å². The lowest BCUT2D eigenvalue weighted by Crippen LogP contribution is -2.18. The maximum atomic E-state index is 4.54. The zero-order valence-electron chi connectivity index (χ0n) is 10.3. The molecule has 0 aliphatic heterocycles. The second-order valence-corrected chi connectivity index (χ2v) is 5.03. The summed E-state index contributed by atoms with van der Waals surface area (Å²) >= 11 is 1.78. The van der Waals surface area contributed by atoms with E-state index >= 15 is 0 Å². The summed E-state index contributed by atoms with van der Waals surface area (Å²) in [5.41, 5.74) is 1.15. The second-order valence-electron chi connectivity index (χ2n) is 4.02. The van der Waals surface area contributed by atoms with Crippen LogP contribution in [0.1, 0.15) is 36.9 Å². The Hall–Kier alpha value is -0.610. The van der Waals surface area contributed by atoms with Gasteiger partial charge in [0.15, 0.2) is 5.13 Å². The molecule has 1 unspecified atom stereocenters. The second kappa shape index (κ2) is 5.47. The number of aromatic nitrogens is 1. The average Bonchev–Trinajstić information content (AvgIpc) is 2.57. The zero-order chi connectivity index (χ0) is 11.4. The van der Waals surface area contributed by atoms with Crippen molar-refractivity contribution in [2.24, 2.45) is 0 Å². The standard InChI is InChI=1S/C11H21N3S/c1-6-7-12-8(2)10-9(3)13-11(15-10)14(4)5/h8,12H,6-7H2,1-5H3. The van der Waals surface area contributed by atoms with E-state index in [1.165, 1.54) is 11.3 Å². The van der Waals surface area contributed by atoms with Crippen molar-refractivity contribution in [3.63, 3.8) is 0 Å². The number of anilines is 1. The Kier molecular flexibility index (Phi) is 4.54. The van der Waals surface area contributed by atoms with Gasteiger partial charge in [-0.3, -0.25) is 0 Å². The molecule has 0 aliphatic rings. The van der Waals surface area contributed by atoms with Crippen LogP contribution in [-0.4, -0.2) is 25.6 Å². The van der Waals surface area contributed by atoms with Crippen LogP contribution in [0, 0.1) is 6.92 Å². The molecular formula is C11H21N3S. The molecular weight excluding hydrogens is 206 g/mol. The Bertz CT molecular complexity index is 307. The average molecular weight is 227 g/mol. The summed E-state index contributed by atoms with van der Waals surface area (Å²) in [6, 6.07) is 0.413. The van der Waals surface area contributed by atoms with E-state index in [1.807, 2.05) is 14.1 Å². The molecule has 0 saturated carbocycles. The van der Waals surface area contributed by atoms with Crippen LogP contribution < -0.4 is 10.2 Å². The SMILES string of the molecule is CCCNC(C)c1sc(N(C)C)nc1C. The van der Waals surface area contributed by atoms with E-state index in [0.29, 0.717) is 6.04 Å². The number of hydrogen-bond acceptors (Lipinski definition) is 4. The minimum atomic E-state index is 0.413. The van der Waals surface area contributed by atoms with Gasteiger partial charge >= 0.3 is 0 Å². The van der Waals surface area contributed by atoms with Gasteiger partial charge in [0, 0.05) is 25.0 Å². The normalized spacial score (nSPS) is 12.9. The number of nitrogens with zero attached hydrogens (tertiary/aromatic N) is 2. The van der Waals surface area contributed by atoms with E-state index in [-0.39, 0.29) is 0 Å². The molecule has 86 valence electrons. The molecule has 1 atom stereocenters. The van der Waals surface area contributed by atoms with Crippen molar-refractivity contribution in [2.75, 3.05) is 25.5 Å². The number of thiazole rings is 1. The van der Waals surface area contributed by atoms with Crippen LogP contribution in [0.2, 0.25) is 0 Å². The predicted molar refractivity (Wildman–Crippen MR) is 67.9 cm³/mol. The van der Waals surface area contributed by atoms with Gasteiger partial charge in [-0.25, -0.2) is 4.98 Å². The Morgan fingerprint density at radius 1 is 1.47 bits per heavy atom. The first kappa shape index (κ1) is 12.5. The summed E-state index contributed by atoms with van der Waals surface area (Å²) in [7, 11) is 4.07. The highest BCUT2D eigenvalue weighted by atomic mass is 32.1. The lowest BCUT2D eigenvalue weighted by atomic mass is 10.2. The summed E-state index contributed by atoms with van der Waals surface area (Å²) in [6.45, 7) is 7.54. The molecule has 0 aromatic carbocycles. The molecule has 0 fully saturated rings. The summed E-state index contributed by atoms with van der Waals surface area (Å²) in [6.07, 6.45) is 1.17. The number of rotatable bonds is 5. The van der Waals surface area contributed by atoms with Gasteiger partial charge in [-0.15, -0.1) is 11.3 Å². The molecule has 0 amide bonds. The maximum Gasteiger partial charge on any atom is 0.185 e. The smallest absolute Gasteiger partial charge is 0.185 e. The largest absolute Gasteiger partial charge is 0.354 e. The fraction of sp³-hybridized carbons (Fsp3) is 0.727. The highest BCUT2D eigenvalue weighted by Gasteiger charge is 2.14. The molecule has 1 rings (SSSR count). The lowest BCUT2D eigenvalue weighted by molar-refractivity contribution is 0.575. The van der Waals surface area contributed by atoms with Crippen LogP contribution in [0.5, 0.6) is 0 Å². The summed E-state index contributed by atoms with van der Waals surface area (Å²) in [4.78, 5) is 7.96. The molecule has 1 aromatic heterocycles. The van der Waals surface area contributed by atoms with E-state index in [1.54, 1.807) is 11.3 Å². The van der Waals surface area contributed by atoms with Gasteiger partial charge in [-0.05, 0) is 26.8 Å². The minimum absolute atomic E-state index is 0.413. The van der Waals surface area contributed by atoms with Gasteiger partial charge in [0.05, 0.1) is 5.69 Å². The van der Waals surface area contributed by atoms with Crippen molar-refractivity contribution in [3.05, 3.63) is 10.6 Å². The number of aryl methyl sites for hydroxylation is 1. The van der Waals surface area contributed by atoms with Crippen LogP contribution in [0.4, 0.5) is 5.13 Å². The zero-order valence-corrected chi connectivity index (χ0v) is 11.1. The van der Waals surface area contributed by atoms with Gasteiger partial charge in [0.1, 0.15) is 0 Å². The van der Waals surface area contributed by atoms with Crippen molar-refractivity contribution in [2.45, 2.75) is 33.2 Å². The van der Waals surface area contributed by atoms with E-state index in [9.17, 15) is 0 Å². The van der Waals surface area contributed by atoms with E-state index in [4.69, 9.17) is 0 Å². The Balaban J connectivity index is 2.75. The maximum absolute atomic E-state index is 4.54. The lowest BCUT2D eigenvalue weighted by Gasteiger charge is -2.11. The van der Waals surface area contributed by atoms with E-state index < -0.39 is 0 Å². The van der Waals surface area contributed by atoms with Crippen LogP contribution in [0.25, 0.3) is 0 Å². The fourth-order valence-electron chi connectivity index (χ4n) is 1.44. The van der Waals surface area contributed by atoms with Crippen molar-refractivity contribution in [1.29, 1.82) is 0 Å². The van der Waals surface area contributed by atoms with Gasteiger partial charge in [-0.1, -0.05) is 6.92 Å². The molecule has 1 heterocycles. The highest BCUT2D eigenvalue weighted by Crippen LogP contribution is 2.29. The molecule has 0 radical (unpaired) electrons. The van der Waals surface area contributed by atoms with Crippen LogP contribution in [0.3, 0.4) is 0 Å². The molecule has 1 N–H and O–H groups in total. The predicted octanol–water partition coefficient (Wildman–Crippen LogP) is 2.58. The Labute approximate surface area is 96.5 Å². The van der Waals surface area contributed by atoms with E-state index in [0.717, 1.165) is 17.4 Å². The van der Waals surface area contributed by atoms with Crippen LogP contribution in [0.15, 0.2) is 0 Å². The molecule has 4 heteroatoms. The van der Waals surface area contributed by atoms with Gasteiger partial charge < -0.3 is 10.2 Å². The molecule has 1 aromatic rings. The first-order valence-corrected chi connectivity index (χ1v) is 6.26. The summed E-state index contributed by atoms with van der Waals surface area (Å²) in [5.74, 6) is 0. The minimum Gasteiger partial charge on any atom is -0.354 e. The van der Waals surface area contributed by atoms with Crippen molar-refractivity contribution >= 4 is 16.5 Å². The molecule has 0 bridgehead atoms. The van der Waals surface area contributed by atoms with Gasteiger partial charge in [-0.2, -0.15) is 0 Å². The van der Waals surface area contributed by atoms with E-state index in [2.05, 4.69) is 36.0 Å². The molecule has 0 spiro atoms. The Morgan fingerprint density at radius 2 is 2.13 bits per heavy atom. The topological polar surface area (TPSA) is 28.2 Å². The number of nitrogens with one attached hydrogen (secondary N) is 1. The molecule has 0 aliphatic carbocycles. The quantitative estimate of drug-likeness (QED) is 0.838. The fourth-order valence-corrected chi connectivity index (χ4v) is 2.46. The first-order valence-electron chi connectivity index (χ1n) is 5.44. The van der Waals surface area contributed by atoms with Gasteiger partial charge in [0.2, 0.25) is 0 Å². The molecule has 0 saturated heterocycles. The third-order valence-electron chi connectivity index (χ3n) is 2.30.